The number of phenols is 1. The molecule has 7 nitrogen and oxygen atoms in total. The fourth-order valence-corrected chi connectivity index (χ4v) is 6.33. The summed E-state index contributed by atoms with van der Waals surface area (Å²) in [6, 6.07) is 6.82. The fraction of sp³-hybridized carbons (Fsp3) is 0.458. The first kappa shape index (κ1) is 21.7. The maximum Gasteiger partial charge on any atom is 0.185 e. The topological polar surface area (TPSA) is 98.8 Å². The number of thiazole rings is 1. The minimum atomic E-state index is -0.927. The summed E-state index contributed by atoms with van der Waals surface area (Å²) in [5.74, 6) is 0.799. The summed E-state index contributed by atoms with van der Waals surface area (Å²) < 4.78 is 15.5. The van der Waals surface area contributed by atoms with Crippen LogP contribution in [0.15, 0.2) is 29.8 Å². The molecule has 1 N–H and O–H groups in total. The van der Waals surface area contributed by atoms with Gasteiger partial charge in [-0.25, -0.2) is 14.4 Å². The van der Waals surface area contributed by atoms with Crippen molar-refractivity contribution in [3.05, 3.63) is 35.5 Å². The van der Waals surface area contributed by atoms with E-state index in [-0.39, 0.29) is 28.4 Å². The highest BCUT2D eigenvalue weighted by Gasteiger charge is 2.56. The lowest BCUT2D eigenvalue weighted by atomic mass is 9.67. The van der Waals surface area contributed by atoms with Crippen LogP contribution in [0.3, 0.4) is 0 Å². The van der Waals surface area contributed by atoms with E-state index in [4.69, 9.17) is 5.26 Å². The lowest BCUT2D eigenvalue weighted by Gasteiger charge is -2.46. The molecule has 2 aliphatic rings. The first-order valence-corrected chi connectivity index (χ1v) is 11.9. The number of nitrogens with zero attached hydrogens (tertiary/aromatic N) is 6. The third-order valence-corrected chi connectivity index (χ3v) is 8.24. The van der Waals surface area contributed by atoms with Gasteiger partial charge in [-0.1, -0.05) is 19.9 Å². The SMILES string of the molecule is CN(c1cnc(-c2ccc(-c3nc(C#N)cs3)cc2O)nn1)[C@H]1C[C@]2(C)CC[C@@](C)(C2)[C@H]1F. The molecular weight excluding hydrogens is 439 g/mol. The summed E-state index contributed by atoms with van der Waals surface area (Å²) in [5, 5.41) is 30.3. The summed E-state index contributed by atoms with van der Waals surface area (Å²) in [5.41, 5.74) is 1.36. The van der Waals surface area contributed by atoms with Crippen LogP contribution >= 0.6 is 11.3 Å². The number of alkyl halides is 1. The maximum atomic E-state index is 15.5. The van der Waals surface area contributed by atoms with Crippen LogP contribution in [0.2, 0.25) is 0 Å². The molecule has 4 atom stereocenters. The second-order valence-electron chi connectivity index (χ2n) is 9.95. The molecule has 1 aromatic carbocycles. The molecular formula is C24H25FN6OS. The summed E-state index contributed by atoms with van der Waals surface area (Å²) >= 11 is 1.34. The zero-order valence-corrected chi connectivity index (χ0v) is 19.6. The largest absolute Gasteiger partial charge is 0.507 e. The minimum Gasteiger partial charge on any atom is -0.507 e. The molecule has 0 amide bonds. The molecule has 0 aliphatic heterocycles. The van der Waals surface area contributed by atoms with Crippen LogP contribution in [0.4, 0.5) is 10.2 Å². The van der Waals surface area contributed by atoms with E-state index in [1.54, 1.807) is 29.8 Å². The molecule has 0 spiro atoms. The van der Waals surface area contributed by atoms with Gasteiger partial charge < -0.3 is 10.0 Å². The molecule has 3 aromatic rings. The van der Waals surface area contributed by atoms with E-state index in [1.807, 2.05) is 18.0 Å². The van der Waals surface area contributed by atoms with Crippen molar-refractivity contribution >= 4 is 17.2 Å². The molecule has 2 aliphatic carbocycles. The lowest BCUT2D eigenvalue weighted by Crippen LogP contribution is -2.52. The standard InChI is InChI=1S/C24H25FN6OS/c1-23-6-7-24(2,13-23)20(25)17(9-23)31(3)19-11-27-21(30-29-19)16-5-4-14(8-18(16)32)22-28-15(10-26)12-33-22/h4-5,8,11-12,17,20,32H,6-7,9,13H2,1-3H3/t17-,20-,23-,24-/m0/s1. The molecule has 2 heterocycles. The number of anilines is 1. The van der Waals surface area contributed by atoms with E-state index in [1.165, 1.54) is 11.3 Å². The van der Waals surface area contributed by atoms with Gasteiger partial charge in [-0.2, -0.15) is 5.26 Å². The van der Waals surface area contributed by atoms with E-state index in [0.29, 0.717) is 27.6 Å². The van der Waals surface area contributed by atoms with Crippen molar-refractivity contribution in [2.45, 2.75) is 51.7 Å². The highest BCUT2D eigenvalue weighted by molar-refractivity contribution is 7.13. The van der Waals surface area contributed by atoms with Crippen molar-refractivity contribution in [1.82, 2.24) is 20.2 Å². The smallest absolute Gasteiger partial charge is 0.185 e. The number of hydrogen-bond acceptors (Lipinski definition) is 8. The van der Waals surface area contributed by atoms with Crippen LogP contribution in [0.5, 0.6) is 5.75 Å². The number of aromatic nitrogens is 4. The van der Waals surface area contributed by atoms with Crippen LogP contribution in [0.1, 0.15) is 45.2 Å². The third kappa shape index (κ3) is 3.72. The Bertz CT molecular complexity index is 1240. The molecule has 2 bridgehead atoms. The number of fused-ring (bicyclic) bond motifs is 2. The van der Waals surface area contributed by atoms with Gasteiger partial charge in [0, 0.05) is 23.4 Å². The Balaban J connectivity index is 1.37. The van der Waals surface area contributed by atoms with Gasteiger partial charge in [-0.3, -0.25) is 0 Å². The second kappa shape index (κ2) is 7.73. The monoisotopic (exact) mass is 464 g/mol. The molecule has 0 saturated heterocycles. The van der Waals surface area contributed by atoms with Gasteiger partial charge in [0.15, 0.2) is 17.3 Å². The predicted molar refractivity (Wildman–Crippen MR) is 125 cm³/mol. The number of aromatic hydroxyl groups is 1. The average molecular weight is 465 g/mol. The number of nitriles is 1. The van der Waals surface area contributed by atoms with Gasteiger partial charge in [-0.15, -0.1) is 21.5 Å². The fourth-order valence-electron chi connectivity index (χ4n) is 5.59. The molecule has 5 rings (SSSR count). The van der Waals surface area contributed by atoms with E-state index < -0.39 is 6.17 Å². The van der Waals surface area contributed by atoms with Crippen LogP contribution in [0.25, 0.3) is 22.0 Å². The van der Waals surface area contributed by atoms with Crippen LogP contribution in [0, 0.1) is 22.2 Å². The van der Waals surface area contributed by atoms with Gasteiger partial charge in [0.1, 0.15) is 23.0 Å². The normalized spacial score (nSPS) is 28.5. The van der Waals surface area contributed by atoms with E-state index in [0.717, 1.165) is 25.7 Å². The first-order chi connectivity index (χ1) is 15.7. The summed E-state index contributed by atoms with van der Waals surface area (Å²) in [4.78, 5) is 10.5. The Labute approximate surface area is 196 Å². The highest BCUT2D eigenvalue weighted by Crippen LogP contribution is 2.59. The van der Waals surface area contributed by atoms with Gasteiger partial charge in [0.2, 0.25) is 0 Å². The molecule has 33 heavy (non-hydrogen) atoms. The summed E-state index contributed by atoms with van der Waals surface area (Å²) in [7, 11) is 1.86. The van der Waals surface area contributed by atoms with Crippen LogP contribution < -0.4 is 4.90 Å². The predicted octanol–water partition coefficient (Wildman–Crippen LogP) is 4.98. The molecule has 2 aromatic heterocycles. The number of hydrogen-bond donors (Lipinski definition) is 1. The Morgan fingerprint density at radius 3 is 2.76 bits per heavy atom. The molecule has 0 radical (unpaired) electrons. The van der Waals surface area contributed by atoms with Crippen molar-refractivity contribution < 1.29 is 9.50 Å². The van der Waals surface area contributed by atoms with E-state index in [9.17, 15) is 5.11 Å². The molecule has 9 heteroatoms. The van der Waals surface area contributed by atoms with Crippen LogP contribution in [-0.4, -0.2) is 44.5 Å². The molecule has 0 unspecified atom stereocenters. The van der Waals surface area contributed by atoms with E-state index >= 15 is 4.39 Å². The van der Waals surface area contributed by atoms with E-state index in [2.05, 4.69) is 34.0 Å². The van der Waals surface area contributed by atoms with Gasteiger partial charge in [0.25, 0.3) is 0 Å². The van der Waals surface area contributed by atoms with Crippen molar-refractivity contribution in [1.29, 1.82) is 5.26 Å². The number of benzene rings is 1. The molecule has 170 valence electrons. The zero-order valence-electron chi connectivity index (χ0n) is 18.8. The van der Waals surface area contributed by atoms with Crippen LogP contribution in [-0.2, 0) is 0 Å². The lowest BCUT2D eigenvalue weighted by molar-refractivity contribution is 0.0380. The number of rotatable bonds is 4. The third-order valence-electron chi connectivity index (χ3n) is 7.35. The molecule has 2 saturated carbocycles. The Morgan fingerprint density at radius 2 is 2.09 bits per heavy atom. The minimum absolute atomic E-state index is 0.00219. The first-order valence-electron chi connectivity index (χ1n) is 11.0. The number of phenolic OH excluding ortho intramolecular Hbond substituents is 1. The summed E-state index contributed by atoms with van der Waals surface area (Å²) in [6.45, 7) is 4.33. The second-order valence-corrected chi connectivity index (χ2v) is 10.8. The maximum absolute atomic E-state index is 15.5. The molecule has 2 fully saturated rings. The van der Waals surface area contributed by atoms with Gasteiger partial charge >= 0.3 is 0 Å². The zero-order chi connectivity index (χ0) is 23.4. The average Bonchev–Trinajstić information content (AvgIpc) is 3.39. The van der Waals surface area contributed by atoms with Gasteiger partial charge in [-0.05, 0) is 43.2 Å². The Kier molecular flexibility index (Phi) is 5.09. The van der Waals surface area contributed by atoms with Crippen molar-refractivity contribution in [2.75, 3.05) is 11.9 Å². The number of halogens is 1. The highest BCUT2D eigenvalue weighted by atomic mass is 32.1. The van der Waals surface area contributed by atoms with Crippen molar-refractivity contribution in [3.8, 4) is 33.8 Å². The Morgan fingerprint density at radius 1 is 1.27 bits per heavy atom. The van der Waals surface area contributed by atoms with Gasteiger partial charge in [0.05, 0.1) is 17.8 Å². The Hall–Kier alpha value is -3.12. The summed E-state index contributed by atoms with van der Waals surface area (Å²) in [6.07, 6.45) is 4.36. The van der Waals surface area contributed by atoms with Crippen molar-refractivity contribution in [3.63, 3.8) is 0 Å². The van der Waals surface area contributed by atoms with Crippen molar-refractivity contribution in [2.24, 2.45) is 10.8 Å². The quantitative estimate of drug-likeness (QED) is 0.581.